The molecule has 2 aromatic rings. The van der Waals surface area contributed by atoms with Crippen molar-refractivity contribution in [3.05, 3.63) is 61.2 Å². The highest BCUT2D eigenvalue weighted by Crippen LogP contribution is 2.28. The molecule has 1 amide bonds. The first-order valence-electron chi connectivity index (χ1n) is 7.98. The number of hydrogen-bond acceptors (Lipinski definition) is 4. The second-order valence-corrected chi connectivity index (χ2v) is 6.79. The lowest BCUT2D eigenvalue weighted by Gasteiger charge is -2.21. The van der Waals surface area contributed by atoms with Crippen molar-refractivity contribution in [3.63, 3.8) is 0 Å². The lowest BCUT2D eigenvalue weighted by atomic mass is 10.1. The Morgan fingerprint density at radius 3 is 2.36 bits per heavy atom. The van der Waals surface area contributed by atoms with Gasteiger partial charge in [0.1, 0.15) is 0 Å². The molecule has 132 valence electrons. The fourth-order valence-corrected chi connectivity index (χ4v) is 3.17. The van der Waals surface area contributed by atoms with Crippen molar-refractivity contribution in [3.8, 4) is 0 Å². The summed E-state index contributed by atoms with van der Waals surface area (Å²) in [6, 6.07) is 10.3. The summed E-state index contributed by atoms with van der Waals surface area (Å²) in [7, 11) is 0. The first-order valence-corrected chi connectivity index (χ1v) is 9.06. The molecule has 0 atom stereocenters. The molecule has 0 bridgehead atoms. The van der Waals surface area contributed by atoms with Gasteiger partial charge in [0, 0.05) is 34.5 Å². The molecule has 2 aromatic carbocycles. The van der Waals surface area contributed by atoms with Gasteiger partial charge < -0.3 is 10.2 Å². The number of nitrogens with one attached hydrogen (secondary N) is 1. The Hall–Kier alpha value is -2.16. The topological polar surface area (TPSA) is 75.5 Å². The highest BCUT2D eigenvalue weighted by atomic mass is 127. The Morgan fingerprint density at radius 2 is 1.80 bits per heavy atom. The van der Waals surface area contributed by atoms with Gasteiger partial charge in [-0.2, -0.15) is 0 Å². The summed E-state index contributed by atoms with van der Waals surface area (Å²) in [4.78, 5) is 25.1. The van der Waals surface area contributed by atoms with Crippen molar-refractivity contribution in [1.82, 2.24) is 4.90 Å². The van der Waals surface area contributed by atoms with Gasteiger partial charge in [-0.15, -0.1) is 0 Å². The van der Waals surface area contributed by atoms with E-state index < -0.39 is 4.92 Å². The monoisotopic (exact) mass is 453 g/mol. The summed E-state index contributed by atoms with van der Waals surface area (Å²) in [5.74, 6) is -0.223. The highest BCUT2D eigenvalue weighted by molar-refractivity contribution is 14.1. The summed E-state index contributed by atoms with van der Waals surface area (Å²) in [6.45, 7) is 6.83. The minimum atomic E-state index is -0.487. The number of benzene rings is 2. The molecule has 0 fully saturated rings. The predicted octanol–water partition coefficient (Wildman–Crippen LogP) is 4.73. The molecule has 7 heteroatoms. The average molecular weight is 453 g/mol. The zero-order valence-corrected chi connectivity index (χ0v) is 16.5. The Morgan fingerprint density at radius 1 is 1.16 bits per heavy atom. The number of nitro groups is 1. The molecular weight excluding hydrogens is 433 g/mol. The molecule has 0 unspecified atom stereocenters. The minimum absolute atomic E-state index is 0.0969. The van der Waals surface area contributed by atoms with Crippen LogP contribution in [0, 0.1) is 20.6 Å². The molecule has 25 heavy (non-hydrogen) atoms. The second kappa shape index (κ2) is 8.28. The fourth-order valence-electron chi connectivity index (χ4n) is 2.53. The maximum atomic E-state index is 12.8. The van der Waals surface area contributed by atoms with Gasteiger partial charge in [-0.3, -0.25) is 14.9 Å². The van der Waals surface area contributed by atoms with E-state index in [-0.39, 0.29) is 11.6 Å². The van der Waals surface area contributed by atoms with Crippen LogP contribution in [0.15, 0.2) is 36.4 Å². The van der Waals surface area contributed by atoms with Crippen molar-refractivity contribution in [2.24, 2.45) is 0 Å². The van der Waals surface area contributed by atoms with Crippen molar-refractivity contribution in [2.75, 3.05) is 18.4 Å². The molecular formula is C18H20IN3O3. The van der Waals surface area contributed by atoms with E-state index in [0.717, 1.165) is 14.8 Å². The summed E-state index contributed by atoms with van der Waals surface area (Å²) >= 11 is 2.24. The van der Waals surface area contributed by atoms with Crippen LogP contribution in [0.4, 0.5) is 17.1 Å². The molecule has 1 N–H and O–H groups in total. The lowest BCUT2D eigenvalue weighted by Crippen LogP contribution is -2.31. The van der Waals surface area contributed by atoms with Gasteiger partial charge >= 0.3 is 0 Å². The number of amides is 1. The maximum Gasteiger partial charge on any atom is 0.270 e. The number of aryl methyl sites for hydroxylation is 1. The van der Waals surface area contributed by atoms with E-state index in [1.54, 1.807) is 11.0 Å². The van der Waals surface area contributed by atoms with Crippen LogP contribution < -0.4 is 5.32 Å². The molecule has 2 rings (SSSR count). The Kier molecular flexibility index (Phi) is 6.35. The molecule has 6 nitrogen and oxygen atoms in total. The van der Waals surface area contributed by atoms with Gasteiger partial charge in [-0.05, 0) is 73.2 Å². The van der Waals surface area contributed by atoms with Crippen LogP contribution in [0.5, 0.6) is 0 Å². The number of nitro benzene ring substituents is 1. The molecule has 0 saturated heterocycles. The fraction of sp³-hybridized carbons (Fsp3) is 0.278. The minimum Gasteiger partial charge on any atom is -0.355 e. The van der Waals surface area contributed by atoms with Gasteiger partial charge in [0.15, 0.2) is 0 Å². The van der Waals surface area contributed by atoms with Crippen molar-refractivity contribution in [1.29, 1.82) is 0 Å². The average Bonchev–Trinajstić information content (AvgIpc) is 2.58. The Balaban J connectivity index is 2.49. The smallest absolute Gasteiger partial charge is 0.270 e. The number of non-ortho nitro benzene ring substituents is 1. The molecule has 0 spiro atoms. The van der Waals surface area contributed by atoms with E-state index in [2.05, 4.69) is 27.9 Å². The molecule has 0 aliphatic heterocycles. The maximum absolute atomic E-state index is 12.8. The van der Waals surface area contributed by atoms with Gasteiger partial charge in [0.05, 0.1) is 16.2 Å². The van der Waals surface area contributed by atoms with Crippen LogP contribution in [0.2, 0.25) is 0 Å². The third-order valence-electron chi connectivity index (χ3n) is 3.95. The van der Waals surface area contributed by atoms with Gasteiger partial charge in [0.2, 0.25) is 0 Å². The first kappa shape index (κ1) is 19.2. The Labute approximate surface area is 160 Å². The van der Waals surface area contributed by atoms with Crippen molar-refractivity contribution < 1.29 is 9.72 Å². The normalized spacial score (nSPS) is 10.4. The van der Waals surface area contributed by atoms with Gasteiger partial charge in [-0.1, -0.05) is 0 Å². The van der Waals surface area contributed by atoms with E-state index in [0.29, 0.717) is 24.3 Å². The van der Waals surface area contributed by atoms with E-state index in [1.807, 2.05) is 39.0 Å². The first-order chi connectivity index (χ1) is 11.9. The number of nitrogens with zero attached hydrogens (tertiary/aromatic N) is 2. The molecule has 0 radical (unpaired) electrons. The summed E-state index contributed by atoms with van der Waals surface area (Å²) in [6.07, 6.45) is 0. The van der Waals surface area contributed by atoms with Crippen LogP contribution in [-0.2, 0) is 0 Å². The second-order valence-electron chi connectivity index (χ2n) is 5.55. The van der Waals surface area contributed by atoms with E-state index >= 15 is 0 Å². The highest BCUT2D eigenvalue weighted by Gasteiger charge is 2.20. The molecule has 0 heterocycles. The Bertz CT molecular complexity index is 804. The standard InChI is InChI=1S/C18H20IN3O3/c1-4-21(5-2)18(23)15-11-14(22(24)25)7-9-17(15)20-16-8-6-13(19)10-12(16)3/h6-11,20H,4-5H2,1-3H3. The number of halogens is 1. The number of carbonyl (C=O) groups is 1. The number of rotatable bonds is 6. The van der Waals surface area contributed by atoms with Crippen molar-refractivity contribution in [2.45, 2.75) is 20.8 Å². The summed E-state index contributed by atoms with van der Waals surface area (Å²) < 4.78 is 1.11. The lowest BCUT2D eigenvalue weighted by molar-refractivity contribution is -0.384. The van der Waals surface area contributed by atoms with Crippen LogP contribution in [-0.4, -0.2) is 28.8 Å². The largest absolute Gasteiger partial charge is 0.355 e. The zero-order valence-electron chi connectivity index (χ0n) is 14.4. The number of hydrogen-bond donors (Lipinski definition) is 1. The molecule has 0 aliphatic rings. The van der Waals surface area contributed by atoms with Gasteiger partial charge in [-0.25, -0.2) is 0 Å². The van der Waals surface area contributed by atoms with Crippen molar-refractivity contribution >= 4 is 45.6 Å². The third-order valence-corrected chi connectivity index (χ3v) is 4.62. The molecule has 0 aliphatic carbocycles. The quantitative estimate of drug-likeness (QED) is 0.390. The summed E-state index contributed by atoms with van der Waals surface area (Å²) in [5, 5.41) is 14.4. The van der Waals surface area contributed by atoms with E-state index in [9.17, 15) is 14.9 Å². The van der Waals surface area contributed by atoms with Crippen LogP contribution in [0.3, 0.4) is 0 Å². The van der Waals surface area contributed by atoms with Crippen LogP contribution in [0.25, 0.3) is 0 Å². The van der Waals surface area contributed by atoms with Crippen LogP contribution in [0.1, 0.15) is 29.8 Å². The number of anilines is 2. The third kappa shape index (κ3) is 4.47. The SMILES string of the molecule is CCN(CC)C(=O)c1cc([N+](=O)[O-])ccc1Nc1ccc(I)cc1C. The molecule has 0 aromatic heterocycles. The zero-order chi connectivity index (χ0) is 18.6. The number of carbonyl (C=O) groups excluding carboxylic acids is 1. The summed E-state index contributed by atoms with van der Waals surface area (Å²) in [5.41, 5.74) is 2.66. The van der Waals surface area contributed by atoms with Crippen LogP contribution >= 0.6 is 22.6 Å². The van der Waals surface area contributed by atoms with Gasteiger partial charge in [0.25, 0.3) is 11.6 Å². The van der Waals surface area contributed by atoms with E-state index in [1.165, 1.54) is 12.1 Å². The predicted molar refractivity (Wildman–Crippen MR) is 108 cm³/mol. The van der Waals surface area contributed by atoms with E-state index in [4.69, 9.17) is 0 Å². The molecule has 0 saturated carbocycles.